The summed E-state index contributed by atoms with van der Waals surface area (Å²) < 4.78 is 25.6. The predicted octanol–water partition coefficient (Wildman–Crippen LogP) is 7.34. The van der Waals surface area contributed by atoms with Crippen LogP contribution in [0.4, 0.5) is 0 Å². The van der Waals surface area contributed by atoms with Gasteiger partial charge in [-0.3, -0.25) is 9.88 Å². The Morgan fingerprint density at radius 3 is 1.78 bits per heavy atom. The Balaban J connectivity index is 1.58. The summed E-state index contributed by atoms with van der Waals surface area (Å²) in [6, 6.07) is 26.4. The summed E-state index contributed by atoms with van der Waals surface area (Å²) >= 11 is 0. The van der Waals surface area contributed by atoms with E-state index in [4.69, 9.17) is 9.05 Å². The summed E-state index contributed by atoms with van der Waals surface area (Å²) in [5.41, 5.74) is 5.41. The molecule has 2 aromatic heterocycles. The lowest BCUT2D eigenvalue weighted by atomic mass is 9.90. The number of hydrogen-bond acceptors (Lipinski definition) is 4. The maximum Gasteiger partial charge on any atom is 0.351 e. The van der Waals surface area contributed by atoms with Crippen LogP contribution < -0.4 is 5.32 Å². The number of rotatable bonds is 11. The SMILES string of the molecule is CCOP(=O)(OCC)C(NCC(c1c[nH]c2ccccc12)c1c[nH]c2ccccc12)c1ccccc1. The fourth-order valence-corrected chi connectivity index (χ4v) is 6.93. The second kappa shape index (κ2) is 10.9. The molecule has 186 valence electrons. The van der Waals surface area contributed by atoms with Crippen molar-refractivity contribution in [1.29, 1.82) is 0 Å². The van der Waals surface area contributed by atoms with Crippen molar-refractivity contribution in [3.05, 3.63) is 108 Å². The van der Waals surface area contributed by atoms with Gasteiger partial charge in [-0.1, -0.05) is 66.7 Å². The van der Waals surface area contributed by atoms with Crippen molar-refractivity contribution in [2.75, 3.05) is 19.8 Å². The van der Waals surface area contributed by atoms with Gasteiger partial charge in [0, 0.05) is 46.7 Å². The van der Waals surface area contributed by atoms with E-state index in [9.17, 15) is 4.57 Å². The van der Waals surface area contributed by atoms with Crippen LogP contribution in [0.15, 0.2) is 91.3 Å². The Bertz CT molecular complexity index is 1390. The molecule has 5 aromatic rings. The van der Waals surface area contributed by atoms with Gasteiger partial charge < -0.3 is 19.0 Å². The summed E-state index contributed by atoms with van der Waals surface area (Å²) in [6.07, 6.45) is 4.17. The van der Waals surface area contributed by atoms with E-state index in [2.05, 4.69) is 64.1 Å². The van der Waals surface area contributed by atoms with E-state index in [1.54, 1.807) is 0 Å². The van der Waals surface area contributed by atoms with Gasteiger partial charge >= 0.3 is 7.60 Å². The molecule has 0 aliphatic heterocycles. The number of nitrogens with one attached hydrogen (secondary N) is 3. The van der Waals surface area contributed by atoms with E-state index < -0.39 is 13.4 Å². The maximum atomic E-state index is 14.0. The highest BCUT2D eigenvalue weighted by Gasteiger charge is 2.37. The fourth-order valence-electron chi connectivity index (χ4n) is 4.98. The second-order valence-corrected chi connectivity index (χ2v) is 10.8. The predicted molar refractivity (Wildman–Crippen MR) is 146 cm³/mol. The van der Waals surface area contributed by atoms with E-state index in [0.29, 0.717) is 19.8 Å². The van der Waals surface area contributed by atoms with E-state index in [0.717, 1.165) is 16.6 Å². The van der Waals surface area contributed by atoms with Crippen LogP contribution in [0.2, 0.25) is 0 Å². The van der Waals surface area contributed by atoms with Gasteiger partial charge in [0.2, 0.25) is 0 Å². The van der Waals surface area contributed by atoms with E-state index in [-0.39, 0.29) is 5.92 Å². The molecule has 3 aromatic carbocycles. The average Bonchev–Trinajstić information content (AvgIpc) is 3.52. The van der Waals surface area contributed by atoms with Crippen molar-refractivity contribution in [1.82, 2.24) is 15.3 Å². The summed E-state index contributed by atoms with van der Waals surface area (Å²) in [5.74, 6) is -0.614. The van der Waals surface area contributed by atoms with Crippen LogP contribution in [-0.2, 0) is 13.6 Å². The Morgan fingerprint density at radius 1 is 0.750 bits per heavy atom. The van der Waals surface area contributed by atoms with Crippen LogP contribution in [0.1, 0.15) is 42.2 Å². The van der Waals surface area contributed by atoms with Gasteiger partial charge in [-0.2, -0.15) is 0 Å². The number of H-pyrrole nitrogens is 2. The molecule has 0 fully saturated rings. The van der Waals surface area contributed by atoms with Crippen molar-refractivity contribution < 1.29 is 13.6 Å². The molecule has 3 N–H and O–H groups in total. The zero-order valence-corrected chi connectivity index (χ0v) is 21.5. The van der Waals surface area contributed by atoms with Crippen molar-refractivity contribution in [3.8, 4) is 0 Å². The highest BCUT2D eigenvalue weighted by atomic mass is 31.2. The van der Waals surface area contributed by atoms with Crippen molar-refractivity contribution in [3.63, 3.8) is 0 Å². The standard InChI is InChI=1S/C29H32N3O3P/c1-3-34-36(33,35-4-2)29(21-12-6-5-7-13-21)32-20-26(24-18-30-27-16-10-8-14-22(24)27)25-19-31-28-17-11-9-15-23(25)28/h5-19,26,29-32H,3-4,20H2,1-2H3. The molecule has 0 saturated carbocycles. The molecule has 36 heavy (non-hydrogen) atoms. The largest absolute Gasteiger partial charge is 0.361 e. The minimum Gasteiger partial charge on any atom is -0.361 e. The van der Waals surface area contributed by atoms with Gasteiger partial charge in [0.1, 0.15) is 5.78 Å². The molecule has 1 unspecified atom stereocenters. The molecule has 2 heterocycles. The summed E-state index contributed by atoms with van der Waals surface area (Å²) in [5, 5.41) is 5.95. The van der Waals surface area contributed by atoms with E-state index in [1.807, 2.05) is 56.3 Å². The van der Waals surface area contributed by atoms with Crippen LogP contribution >= 0.6 is 7.60 Å². The van der Waals surface area contributed by atoms with Gasteiger partial charge in [-0.15, -0.1) is 0 Å². The first-order chi connectivity index (χ1) is 17.6. The number of para-hydroxylation sites is 2. The Kier molecular flexibility index (Phi) is 7.40. The third-order valence-corrected chi connectivity index (χ3v) is 8.91. The number of benzene rings is 3. The number of hydrogen-bond donors (Lipinski definition) is 3. The van der Waals surface area contributed by atoms with Crippen molar-refractivity contribution in [2.24, 2.45) is 0 Å². The molecule has 0 saturated heterocycles. The highest BCUT2D eigenvalue weighted by molar-refractivity contribution is 7.54. The third kappa shape index (κ3) is 4.78. The number of aromatic amines is 2. The zero-order valence-electron chi connectivity index (χ0n) is 20.6. The van der Waals surface area contributed by atoms with Crippen LogP contribution in [0.25, 0.3) is 21.8 Å². The van der Waals surface area contributed by atoms with Crippen LogP contribution in [-0.4, -0.2) is 29.7 Å². The molecule has 0 spiro atoms. The quantitative estimate of drug-likeness (QED) is 0.166. The molecular formula is C29H32N3O3P. The van der Waals surface area contributed by atoms with Crippen LogP contribution in [0.3, 0.4) is 0 Å². The van der Waals surface area contributed by atoms with Gasteiger partial charge in [-0.25, -0.2) is 0 Å². The normalized spacial score (nSPS) is 13.1. The van der Waals surface area contributed by atoms with Gasteiger partial charge in [0.25, 0.3) is 0 Å². The fraction of sp³-hybridized carbons (Fsp3) is 0.241. The monoisotopic (exact) mass is 501 g/mol. The summed E-state index contributed by atoms with van der Waals surface area (Å²) in [4.78, 5) is 6.85. The number of aromatic nitrogens is 2. The van der Waals surface area contributed by atoms with Gasteiger partial charge in [0.05, 0.1) is 13.2 Å². The minimum atomic E-state index is -3.48. The molecule has 0 radical (unpaired) electrons. The topological polar surface area (TPSA) is 79.1 Å². The van der Waals surface area contributed by atoms with Gasteiger partial charge in [-0.05, 0) is 42.7 Å². The molecule has 5 rings (SSSR count). The smallest absolute Gasteiger partial charge is 0.351 e. The Morgan fingerprint density at radius 2 is 1.25 bits per heavy atom. The van der Waals surface area contributed by atoms with Crippen LogP contribution in [0, 0.1) is 0 Å². The Labute approximate surface area is 211 Å². The molecule has 0 aliphatic carbocycles. The first-order valence-electron chi connectivity index (χ1n) is 12.4. The minimum absolute atomic E-state index is 0.0137. The second-order valence-electron chi connectivity index (χ2n) is 8.73. The lowest BCUT2D eigenvalue weighted by Crippen LogP contribution is -2.28. The molecule has 0 bridgehead atoms. The highest BCUT2D eigenvalue weighted by Crippen LogP contribution is 2.59. The summed E-state index contributed by atoms with van der Waals surface area (Å²) in [7, 11) is -3.48. The molecule has 7 heteroatoms. The molecule has 6 nitrogen and oxygen atoms in total. The number of fused-ring (bicyclic) bond motifs is 2. The van der Waals surface area contributed by atoms with Crippen molar-refractivity contribution in [2.45, 2.75) is 25.5 Å². The van der Waals surface area contributed by atoms with Crippen molar-refractivity contribution >= 4 is 29.4 Å². The first kappa shape index (κ1) is 24.5. The molecule has 1 atom stereocenters. The Hall–Kier alpha value is -3.15. The lowest BCUT2D eigenvalue weighted by Gasteiger charge is -2.29. The average molecular weight is 502 g/mol. The zero-order chi connectivity index (χ0) is 25.0. The third-order valence-electron chi connectivity index (χ3n) is 6.56. The molecule has 0 aliphatic rings. The maximum absolute atomic E-state index is 14.0. The summed E-state index contributed by atoms with van der Waals surface area (Å²) in [6.45, 7) is 4.82. The first-order valence-corrected chi connectivity index (χ1v) is 14.0. The molecule has 0 amide bonds. The van der Waals surface area contributed by atoms with E-state index >= 15 is 0 Å². The van der Waals surface area contributed by atoms with Crippen LogP contribution in [0.5, 0.6) is 0 Å². The molecular weight excluding hydrogens is 469 g/mol. The van der Waals surface area contributed by atoms with E-state index in [1.165, 1.54) is 21.9 Å². The van der Waals surface area contributed by atoms with Gasteiger partial charge in [0.15, 0.2) is 0 Å². The lowest BCUT2D eigenvalue weighted by molar-refractivity contribution is 0.207.